The van der Waals surface area contributed by atoms with Crippen molar-refractivity contribution in [3.05, 3.63) is 51.7 Å². The standard InChI is InChI=1S/C21H15ClFN5O2/c22-14-2-1-11(13-8-26-28-20(13)14)18-12-5-17(30-10-3-9(4-10)7-24)15(23)6-16(12)27-21(29)19(18)25/h1-2,5-6,8-10H,3-4,25H2,(H,26,28)(H,27,29). The van der Waals surface area contributed by atoms with Crippen LogP contribution in [0.1, 0.15) is 12.8 Å². The van der Waals surface area contributed by atoms with Crippen LogP contribution in [0.5, 0.6) is 5.75 Å². The molecular weight excluding hydrogens is 409 g/mol. The highest BCUT2D eigenvalue weighted by Gasteiger charge is 2.31. The highest BCUT2D eigenvalue weighted by Crippen LogP contribution is 2.40. The Labute approximate surface area is 174 Å². The minimum absolute atomic E-state index is 0.00179. The fraction of sp³-hybridized carbons (Fsp3) is 0.190. The Morgan fingerprint density at radius 1 is 1.30 bits per heavy atom. The third-order valence-corrected chi connectivity index (χ3v) is 5.82. The Morgan fingerprint density at radius 2 is 2.10 bits per heavy atom. The predicted molar refractivity (Wildman–Crippen MR) is 112 cm³/mol. The average Bonchev–Trinajstić information content (AvgIpc) is 3.18. The second-order valence-electron chi connectivity index (χ2n) is 7.36. The quantitative estimate of drug-likeness (QED) is 0.457. The highest BCUT2D eigenvalue weighted by molar-refractivity contribution is 6.35. The lowest BCUT2D eigenvalue weighted by Gasteiger charge is -2.31. The van der Waals surface area contributed by atoms with Gasteiger partial charge in [0.25, 0.3) is 5.56 Å². The zero-order chi connectivity index (χ0) is 21.0. The van der Waals surface area contributed by atoms with E-state index in [1.165, 1.54) is 12.1 Å². The summed E-state index contributed by atoms with van der Waals surface area (Å²) in [4.78, 5) is 15.1. The third-order valence-electron chi connectivity index (χ3n) is 5.51. The molecule has 1 aliphatic carbocycles. The van der Waals surface area contributed by atoms with Crippen LogP contribution in [0.3, 0.4) is 0 Å². The molecule has 30 heavy (non-hydrogen) atoms. The molecule has 2 heterocycles. The number of benzene rings is 2. The van der Waals surface area contributed by atoms with E-state index in [0.29, 0.717) is 50.8 Å². The van der Waals surface area contributed by atoms with E-state index in [0.717, 1.165) is 0 Å². The molecule has 2 aromatic heterocycles. The Balaban J connectivity index is 1.72. The van der Waals surface area contributed by atoms with Crippen LogP contribution < -0.4 is 16.0 Å². The summed E-state index contributed by atoms with van der Waals surface area (Å²) in [6, 6.07) is 8.36. The molecule has 7 nitrogen and oxygen atoms in total. The first kappa shape index (κ1) is 18.5. The minimum Gasteiger partial charge on any atom is -0.487 e. The van der Waals surface area contributed by atoms with Gasteiger partial charge in [0.1, 0.15) is 11.8 Å². The smallest absolute Gasteiger partial charge is 0.272 e. The fourth-order valence-electron chi connectivity index (χ4n) is 3.86. The fourth-order valence-corrected chi connectivity index (χ4v) is 4.07. The number of hydrogen-bond acceptors (Lipinski definition) is 5. The van der Waals surface area contributed by atoms with Crippen molar-refractivity contribution in [3.63, 3.8) is 0 Å². The minimum atomic E-state index is -0.598. The number of halogens is 2. The number of ether oxygens (including phenoxy) is 1. The lowest BCUT2D eigenvalue weighted by atomic mass is 9.83. The van der Waals surface area contributed by atoms with E-state index >= 15 is 0 Å². The molecule has 9 heteroatoms. The number of pyridine rings is 1. The summed E-state index contributed by atoms with van der Waals surface area (Å²) in [5.74, 6) is -0.614. The number of aromatic amines is 2. The molecule has 4 aromatic rings. The Kier molecular flexibility index (Phi) is 4.15. The summed E-state index contributed by atoms with van der Waals surface area (Å²) >= 11 is 6.23. The van der Waals surface area contributed by atoms with Gasteiger partial charge in [-0.1, -0.05) is 17.7 Å². The zero-order valence-electron chi connectivity index (χ0n) is 15.5. The van der Waals surface area contributed by atoms with Gasteiger partial charge >= 0.3 is 0 Å². The molecule has 0 saturated heterocycles. The molecule has 1 fully saturated rings. The van der Waals surface area contributed by atoms with Gasteiger partial charge in [0, 0.05) is 35.2 Å². The van der Waals surface area contributed by atoms with Crippen LogP contribution in [0.15, 0.2) is 35.3 Å². The summed E-state index contributed by atoms with van der Waals surface area (Å²) < 4.78 is 20.4. The maximum Gasteiger partial charge on any atom is 0.272 e. The van der Waals surface area contributed by atoms with E-state index in [1.807, 2.05) is 0 Å². The highest BCUT2D eigenvalue weighted by atomic mass is 35.5. The van der Waals surface area contributed by atoms with Crippen molar-refractivity contribution in [1.29, 1.82) is 5.26 Å². The van der Waals surface area contributed by atoms with Crippen LogP contribution in [0.4, 0.5) is 10.1 Å². The van der Waals surface area contributed by atoms with Crippen molar-refractivity contribution >= 4 is 39.1 Å². The van der Waals surface area contributed by atoms with Crippen LogP contribution in [0, 0.1) is 23.1 Å². The van der Waals surface area contributed by atoms with Gasteiger partial charge in [0.05, 0.1) is 34.2 Å². The van der Waals surface area contributed by atoms with Crippen LogP contribution in [-0.4, -0.2) is 21.3 Å². The summed E-state index contributed by atoms with van der Waals surface area (Å²) in [5.41, 5.74) is 7.64. The van der Waals surface area contributed by atoms with E-state index in [-0.39, 0.29) is 23.5 Å². The van der Waals surface area contributed by atoms with Gasteiger partial charge in [0.2, 0.25) is 0 Å². The number of rotatable bonds is 3. The molecule has 0 spiro atoms. The topological polar surface area (TPSA) is 121 Å². The van der Waals surface area contributed by atoms with Gasteiger partial charge in [0.15, 0.2) is 11.6 Å². The molecule has 0 unspecified atom stereocenters. The second-order valence-corrected chi connectivity index (χ2v) is 7.77. The molecular formula is C21H15ClFN5O2. The number of anilines is 1. The van der Waals surface area contributed by atoms with Crippen LogP contribution in [0.2, 0.25) is 5.02 Å². The van der Waals surface area contributed by atoms with Gasteiger partial charge in [-0.25, -0.2) is 4.39 Å². The molecule has 1 saturated carbocycles. The van der Waals surface area contributed by atoms with Gasteiger partial charge in [-0.2, -0.15) is 10.4 Å². The lowest BCUT2D eigenvalue weighted by Crippen LogP contribution is -2.33. The number of nitriles is 1. The van der Waals surface area contributed by atoms with Gasteiger partial charge in [-0.3, -0.25) is 9.89 Å². The monoisotopic (exact) mass is 423 g/mol. The van der Waals surface area contributed by atoms with E-state index in [4.69, 9.17) is 27.3 Å². The Hall–Kier alpha value is -3.57. The van der Waals surface area contributed by atoms with Gasteiger partial charge in [-0.05, 0) is 17.7 Å². The predicted octanol–water partition coefficient (Wildman–Crippen LogP) is 4.13. The summed E-state index contributed by atoms with van der Waals surface area (Å²) in [5, 5.41) is 17.5. The van der Waals surface area contributed by atoms with E-state index < -0.39 is 11.4 Å². The van der Waals surface area contributed by atoms with Crippen molar-refractivity contribution in [1.82, 2.24) is 15.2 Å². The number of fused-ring (bicyclic) bond motifs is 2. The number of H-pyrrole nitrogens is 2. The SMILES string of the molecule is N#CC1CC(Oc2cc3c(-c4ccc(Cl)c5[nH]ncc45)c(N)c(=O)[nH]c3cc2F)C1. The first-order valence-corrected chi connectivity index (χ1v) is 9.67. The number of aromatic nitrogens is 3. The number of hydrogen-bond donors (Lipinski definition) is 3. The van der Waals surface area contributed by atoms with Crippen molar-refractivity contribution in [2.75, 3.05) is 5.73 Å². The van der Waals surface area contributed by atoms with E-state index in [1.54, 1.807) is 18.3 Å². The van der Waals surface area contributed by atoms with Crippen molar-refractivity contribution < 1.29 is 9.13 Å². The summed E-state index contributed by atoms with van der Waals surface area (Å²) in [6.07, 6.45) is 2.49. The normalized spacial score (nSPS) is 18.3. The van der Waals surface area contributed by atoms with E-state index in [9.17, 15) is 9.18 Å². The molecule has 2 aromatic carbocycles. The second kappa shape index (κ2) is 6.75. The molecule has 0 radical (unpaired) electrons. The molecule has 0 atom stereocenters. The lowest BCUT2D eigenvalue weighted by molar-refractivity contribution is 0.0852. The van der Waals surface area contributed by atoms with E-state index in [2.05, 4.69) is 21.3 Å². The Morgan fingerprint density at radius 3 is 2.87 bits per heavy atom. The van der Waals surface area contributed by atoms with Crippen LogP contribution in [0.25, 0.3) is 32.9 Å². The first-order valence-electron chi connectivity index (χ1n) is 9.29. The zero-order valence-corrected chi connectivity index (χ0v) is 16.3. The number of nitrogens with zero attached hydrogens (tertiary/aromatic N) is 2. The van der Waals surface area contributed by atoms with Gasteiger partial charge < -0.3 is 15.5 Å². The molecule has 4 N–H and O–H groups in total. The van der Waals surface area contributed by atoms with Crippen LogP contribution >= 0.6 is 11.6 Å². The summed E-state index contributed by atoms with van der Waals surface area (Å²) in [7, 11) is 0. The molecule has 0 aliphatic heterocycles. The molecule has 5 rings (SSSR count). The maximum atomic E-state index is 14.7. The average molecular weight is 424 g/mol. The largest absolute Gasteiger partial charge is 0.487 e. The van der Waals surface area contributed by atoms with Crippen molar-refractivity contribution in [2.45, 2.75) is 18.9 Å². The number of nitrogens with two attached hydrogens (primary N) is 1. The third kappa shape index (κ3) is 2.78. The van der Waals surface area contributed by atoms with Crippen LogP contribution in [-0.2, 0) is 0 Å². The molecule has 0 amide bonds. The van der Waals surface area contributed by atoms with Crippen molar-refractivity contribution in [2.24, 2.45) is 5.92 Å². The van der Waals surface area contributed by atoms with Crippen molar-refractivity contribution in [3.8, 4) is 22.9 Å². The number of nitrogen functional groups attached to an aromatic ring is 1. The maximum absolute atomic E-state index is 14.7. The molecule has 0 bridgehead atoms. The Bertz CT molecular complexity index is 1420. The molecule has 150 valence electrons. The first-order chi connectivity index (χ1) is 14.5. The van der Waals surface area contributed by atoms with Gasteiger partial charge in [-0.15, -0.1) is 0 Å². The number of nitrogens with one attached hydrogen (secondary N) is 2. The molecule has 1 aliphatic rings. The summed E-state index contributed by atoms with van der Waals surface area (Å²) in [6.45, 7) is 0.